The van der Waals surface area contributed by atoms with Gasteiger partial charge >= 0.3 is 5.97 Å². The Morgan fingerprint density at radius 1 is 1.29 bits per heavy atom. The molecular formula is C14H15Cl2NO4. The van der Waals surface area contributed by atoms with Crippen LogP contribution in [0.2, 0.25) is 10.0 Å². The number of ether oxygens (including phenoxy) is 1. The van der Waals surface area contributed by atoms with E-state index in [1.165, 1.54) is 0 Å². The predicted molar refractivity (Wildman–Crippen MR) is 78.6 cm³/mol. The molecule has 1 aromatic rings. The minimum Gasteiger partial charge on any atom is -0.479 e. The lowest BCUT2D eigenvalue weighted by atomic mass is 10.1. The number of benzene rings is 1. The Kier molecular flexibility index (Phi) is 5.08. The van der Waals surface area contributed by atoms with E-state index in [2.05, 4.69) is 5.32 Å². The third-order valence-electron chi connectivity index (χ3n) is 3.39. The third kappa shape index (κ3) is 3.87. The molecule has 0 radical (unpaired) electrons. The van der Waals surface area contributed by atoms with Crippen molar-refractivity contribution in [3.05, 3.63) is 33.8 Å². The number of nitrogens with one attached hydrogen (secondary N) is 1. The number of carbonyl (C=O) groups excluding carboxylic acids is 1. The van der Waals surface area contributed by atoms with Gasteiger partial charge in [-0.15, -0.1) is 0 Å². The molecule has 1 saturated heterocycles. The fourth-order valence-electron chi connectivity index (χ4n) is 2.18. The molecule has 1 aliphatic heterocycles. The second kappa shape index (κ2) is 6.64. The van der Waals surface area contributed by atoms with Gasteiger partial charge in [0.05, 0.1) is 16.1 Å². The zero-order valence-corrected chi connectivity index (χ0v) is 12.8. The van der Waals surface area contributed by atoms with E-state index in [-0.39, 0.29) is 11.9 Å². The second-order valence-electron chi connectivity index (χ2n) is 4.93. The van der Waals surface area contributed by atoms with Gasteiger partial charge in [-0.05, 0) is 37.5 Å². The largest absolute Gasteiger partial charge is 0.479 e. The van der Waals surface area contributed by atoms with Gasteiger partial charge in [0.1, 0.15) is 6.10 Å². The van der Waals surface area contributed by atoms with Crippen molar-refractivity contribution >= 4 is 35.1 Å². The van der Waals surface area contributed by atoms with Gasteiger partial charge in [-0.1, -0.05) is 29.3 Å². The first-order chi connectivity index (χ1) is 9.88. The highest BCUT2D eigenvalue weighted by atomic mass is 35.5. The van der Waals surface area contributed by atoms with Crippen molar-refractivity contribution in [2.75, 3.05) is 0 Å². The van der Waals surface area contributed by atoms with Crippen LogP contribution < -0.4 is 5.32 Å². The number of rotatable bonds is 4. The van der Waals surface area contributed by atoms with Crippen LogP contribution in [-0.2, 0) is 14.3 Å². The number of carboxylic acids is 1. The van der Waals surface area contributed by atoms with E-state index in [0.29, 0.717) is 22.9 Å². The Bertz CT molecular complexity index is 564. The quantitative estimate of drug-likeness (QED) is 0.889. The molecule has 7 heteroatoms. The van der Waals surface area contributed by atoms with E-state index in [1.807, 2.05) is 0 Å². The highest BCUT2D eigenvalue weighted by Crippen LogP contribution is 2.26. The van der Waals surface area contributed by atoms with E-state index in [9.17, 15) is 9.59 Å². The minimum atomic E-state index is -1.04. The summed E-state index contributed by atoms with van der Waals surface area (Å²) in [5.41, 5.74) is 0.811. The van der Waals surface area contributed by atoms with Crippen LogP contribution in [0, 0.1) is 0 Å². The summed E-state index contributed by atoms with van der Waals surface area (Å²) in [5.74, 6) is -1.36. The average Bonchev–Trinajstić information content (AvgIpc) is 2.91. The summed E-state index contributed by atoms with van der Waals surface area (Å²) in [7, 11) is 0. The smallest absolute Gasteiger partial charge is 0.332 e. The molecule has 1 heterocycles. The van der Waals surface area contributed by atoms with Crippen molar-refractivity contribution in [2.24, 2.45) is 0 Å². The number of carbonyl (C=O) groups is 2. The van der Waals surface area contributed by atoms with E-state index < -0.39 is 18.2 Å². The van der Waals surface area contributed by atoms with Crippen LogP contribution in [-0.4, -0.2) is 29.2 Å². The Morgan fingerprint density at radius 3 is 2.52 bits per heavy atom. The highest BCUT2D eigenvalue weighted by Gasteiger charge is 2.35. The average molecular weight is 332 g/mol. The van der Waals surface area contributed by atoms with Crippen LogP contribution >= 0.6 is 23.2 Å². The van der Waals surface area contributed by atoms with Gasteiger partial charge in [0.25, 0.3) is 0 Å². The monoisotopic (exact) mass is 331 g/mol. The summed E-state index contributed by atoms with van der Waals surface area (Å²) in [4.78, 5) is 22.9. The van der Waals surface area contributed by atoms with E-state index in [1.54, 1.807) is 25.1 Å². The molecule has 1 amide bonds. The van der Waals surface area contributed by atoms with Gasteiger partial charge in [0, 0.05) is 0 Å². The van der Waals surface area contributed by atoms with E-state index in [0.717, 1.165) is 5.56 Å². The Morgan fingerprint density at radius 2 is 1.95 bits per heavy atom. The van der Waals surface area contributed by atoms with Crippen LogP contribution in [0.4, 0.5) is 0 Å². The molecule has 5 nitrogen and oxygen atoms in total. The summed E-state index contributed by atoms with van der Waals surface area (Å²) in [5, 5.41) is 12.5. The van der Waals surface area contributed by atoms with Crippen LogP contribution in [0.5, 0.6) is 0 Å². The van der Waals surface area contributed by atoms with Gasteiger partial charge in [-0.3, -0.25) is 4.79 Å². The summed E-state index contributed by atoms with van der Waals surface area (Å²) in [6.45, 7) is 1.81. The first kappa shape index (κ1) is 16.1. The zero-order chi connectivity index (χ0) is 15.6. The van der Waals surface area contributed by atoms with Crippen LogP contribution in [0.15, 0.2) is 18.2 Å². The SMILES string of the molecule is CC(NC(=O)C1CCC(C(=O)O)O1)c1ccc(Cl)c(Cl)c1. The maximum Gasteiger partial charge on any atom is 0.332 e. The van der Waals surface area contributed by atoms with Crippen molar-refractivity contribution in [1.29, 1.82) is 0 Å². The number of aliphatic carboxylic acids is 1. The van der Waals surface area contributed by atoms with Crippen molar-refractivity contribution in [1.82, 2.24) is 5.32 Å². The second-order valence-corrected chi connectivity index (χ2v) is 5.75. The summed E-state index contributed by atoms with van der Waals surface area (Å²) < 4.78 is 5.21. The van der Waals surface area contributed by atoms with Crippen molar-refractivity contribution < 1.29 is 19.4 Å². The molecule has 2 N–H and O–H groups in total. The Labute approximate surface area is 132 Å². The normalized spacial score (nSPS) is 22.8. The Balaban J connectivity index is 1.96. The fourth-order valence-corrected chi connectivity index (χ4v) is 2.49. The maximum atomic E-state index is 12.1. The topological polar surface area (TPSA) is 75.6 Å². The number of halogens is 2. The van der Waals surface area contributed by atoms with Gasteiger partial charge in [0.15, 0.2) is 6.10 Å². The molecule has 0 bridgehead atoms. The molecule has 21 heavy (non-hydrogen) atoms. The van der Waals surface area contributed by atoms with Crippen molar-refractivity contribution in [2.45, 2.75) is 38.0 Å². The fraction of sp³-hybridized carbons (Fsp3) is 0.429. The standard InChI is InChI=1S/C14H15Cl2NO4/c1-7(8-2-3-9(15)10(16)6-8)17-13(18)11-4-5-12(21-11)14(19)20/h2-3,6-7,11-12H,4-5H2,1H3,(H,17,18)(H,19,20). The molecular weight excluding hydrogens is 317 g/mol. The molecule has 1 fully saturated rings. The van der Waals surface area contributed by atoms with Gasteiger partial charge in [-0.2, -0.15) is 0 Å². The summed E-state index contributed by atoms with van der Waals surface area (Å²) in [6.07, 6.45) is -0.886. The summed E-state index contributed by atoms with van der Waals surface area (Å²) in [6, 6.07) is 4.84. The van der Waals surface area contributed by atoms with Gasteiger partial charge < -0.3 is 15.2 Å². The summed E-state index contributed by atoms with van der Waals surface area (Å²) >= 11 is 11.8. The zero-order valence-electron chi connectivity index (χ0n) is 11.3. The maximum absolute atomic E-state index is 12.1. The molecule has 0 aromatic heterocycles. The predicted octanol–water partition coefficient (Wildman–Crippen LogP) is 2.80. The highest BCUT2D eigenvalue weighted by molar-refractivity contribution is 6.42. The van der Waals surface area contributed by atoms with E-state index >= 15 is 0 Å². The molecule has 0 aliphatic carbocycles. The number of hydrogen-bond acceptors (Lipinski definition) is 3. The number of carboxylic acid groups (broad SMARTS) is 1. The lowest BCUT2D eigenvalue weighted by Crippen LogP contribution is -2.37. The van der Waals surface area contributed by atoms with Crippen molar-refractivity contribution in [3.8, 4) is 0 Å². The van der Waals surface area contributed by atoms with Gasteiger partial charge in [-0.25, -0.2) is 4.79 Å². The Hall–Kier alpha value is -1.30. The van der Waals surface area contributed by atoms with Crippen LogP contribution in [0.1, 0.15) is 31.4 Å². The van der Waals surface area contributed by atoms with Crippen LogP contribution in [0.3, 0.4) is 0 Å². The first-order valence-corrected chi connectivity index (χ1v) is 7.27. The molecule has 1 aromatic carbocycles. The lowest BCUT2D eigenvalue weighted by molar-refractivity contribution is -0.151. The van der Waals surface area contributed by atoms with Crippen molar-refractivity contribution in [3.63, 3.8) is 0 Å². The molecule has 3 atom stereocenters. The molecule has 114 valence electrons. The molecule has 0 spiro atoms. The molecule has 2 rings (SSSR count). The van der Waals surface area contributed by atoms with Crippen LogP contribution in [0.25, 0.3) is 0 Å². The molecule has 3 unspecified atom stereocenters. The third-order valence-corrected chi connectivity index (χ3v) is 4.13. The molecule has 0 saturated carbocycles. The number of hydrogen-bond donors (Lipinski definition) is 2. The number of amides is 1. The van der Waals surface area contributed by atoms with E-state index in [4.69, 9.17) is 33.0 Å². The molecule has 1 aliphatic rings. The lowest BCUT2D eigenvalue weighted by Gasteiger charge is -2.18. The van der Waals surface area contributed by atoms with Gasteiger partial charge in [0.2, 0.25) is 5.91 Å². The first-order valence-electron chi connectivity index (χ1n) is 6.52. The minimum absolute atomic E-state index is 0.278.